The van der Waals surface area contributed by atoms with Gasteiger partial charge in [-0.3, -0.25) is 9.59 Å². The molecule has 1 unspecified atom stereocenters. The Bertz CT molecular complexity index is 622. The van der Waals surface area contributed by atoms with Crippen LogP contribution in [0.2, 0.25) is 5.02 Å². The molecule has 1 aliphatic heterocycles. The van der Waals surface area contributed by atoms with E-state index in [1.165, 1.54) is 19.8 Å². The van der Waals surface area contributed by atoms with Crippen molar-refractivity contribution in [1.29, 1.82) is 0 Å². The summed E-state index contributed by atoms with van der Waals surface area (Å²) in [5.41, 5.74) is 0.902. The molecule has 0 aromatic heterocycles. The first-order valence-corrected chi connectivity index (χ1v) is 9.93. The van der Waals surface area contributed by atoms with Crippen molar-refractivity contribution in [2.75, 3.05) is 19.6 Å². The van der Waals surface area contributed by atoms with Crippen LogP contribution < -0.4 is 10.6 Å². The van der Waals surface area contributed by atoms with Crippen LogP contribution in [0.1, 0.15) is 50.6 Å². The molecule has 1 saturated carbocycles. The van der Waals surface area contributed by atoms with Crippen LogP contribution in [0, 0.1) is 5.92 Å². The van der Waals surface area contributed by atoms with Gasteiger partial charge >= 0.3 is 0 Å². The van der Waals surface area contributed by atoms with Gasteiger partial charge in [0.2, 0.25) is 11.8 Å². The maximum Gasteiger partial charge on any atom is 0.224 e. The van der Waals surface area contributed by atoms with Crippen LogP contribution in [-0.4, -0.2) is 42.4 Å². The number of hydrogen-bond acceptors (Lipinski definition) is 3. The second-order valence-electron chi connectivity index (χ2n) is 7.52. The summed E-state index contributed by atoms with van der Waals surface area (Å²) in [6, 6.07) is 7.51. The Kier molecular flexibility index (Phi) is 6.54. The summed E-state index contributed by atoms with van der Waals surface area (Å²) >= 11 is 5.94. The van der Waals surface area contributed by atoms with Crippen molar-refractivity contribution in [3.8, 4) is 0 Å². The largest absolute Gasteiger partial charge is 0.349 e. The molecule has 26 heavy (non-hydrogen) atoms. The smallest absolute Gasteiger partial charge is 0.224 e. The van der Waals surface area contributed by atoms with E-state index in [9.17, 15) is 9.59 Å². The van der Waals surface area contributed by atoms with Gasteiger partial charge in [0.15, 0.2) is 0 Å². The number of piperidine rings is 1. The SMILES string of the molecule is CC(=O)NC(CC(=O)N1CCC(NCC2CC2)CC1)c1ccc(Cl)cc1. The van der Waals surface area contributed by atoms with Crippen molar-refractivity contribution in [2.45, 2.75) is 51.1 Å². The lowest BCUT2D eigenvalue weighted by Gasteiger charge is -2.33. The van der Waals surface area contributed by atoms with E-state index in [-0.39, 0.29) is 24.3 Å². The molecule has 1 saturated heterocycles. The third-order valence-electron chi connectivity index (χ3n) is 5.27. The molecule has 1 aromatic carbocycles. The van der Waals surface area contributed by atoms with E-state index < -0.39 is 0 Å². The van der Waals surface area contributed by atoms with Gasteiger partial charge in [-0.15, -0.1) is 0 Å². The number of nitrogens with zero attached hydrogens (tertiary/aromatic N) is 1. The van der Waals surface area contributed by atoms with Gasteiger partial charge in [-0.25, -0.2) is 0 Å². The number of hydrogen-bond donors (Lipinski definition) is 2. The van der Waals surface area contributed by atoms with Crippen LogP contribution in [0.3, 0.4) is 0 Å². The number of likely N-dealkylation sites (tertiary alicyclic amines) is 1. The minimum atomic E-state index is -0.317. The summed E-state index contributed by atoms with van der Waals surface area (Å²) in [5, 5.41) is 7.17. The fourth-order valence-corrected chi connectivity index (χ4v) is 3.61. The molecule has 6 heteroatoms. The monoisotopic (exact) mass is 377 g/mol. The van der Waals surface area contributed by atoms with E-state index in [4.69, 9.17) is 11.6 Å². The first kappa shape index (κ1) is 19.2. The van der Waals surface area contributed by atoms with Crippen LogP contribution in [0.5, 0.6) is 0 Å². The summed E-state index contributed by atoms with van der Waals surface area (Å²) in [5.74, 6) is 0.840. The number of carbonyl (C=O) groups is 2. The number of rotatable bonds is 7. The summed E-state index contributed by atoms with van der Waals surface area (Å²) in [6.45, 7) is 4.17. The standard InChI is InChI=1S/C20H28ClN3O2/c1-14(25)23-19(16-4-6-17(21)7-5-16)12-20(26)24-10-8-18(9-11-24)22-13-15-2-3-15/h4-7,15,18-19,22H,2-3,8-13H2,1H3,(H,23,25). The van der Waals surface area contributed by atoms with Crippen LogP contribution in [0.25, 0.3) is 0 Å². The lowest BCUT2D eigenvalue weighted by molar-refractivity contribution is -0.133. The first-order chi connectivity index (χ1) is 12.5. The Morgan fingerprint density at radius 3 is 2.38 bits per heavy atom. The van der Waals surface area contributed by atoms with Gasteiger partial charge in [0.05, 0.1) is 12.5 Å². The Morgan fingerprint density at radius 2 is 1.81 bits per heavy atom. The van der Waals surface area contributed by atoms with Crippen molar-refractivity contribution >= 4 is 23.4 Å². The average molecular weight is 378 g/mol. The fourth-order valence-electron chi connectivity index (χ4n) is 3.48. The highest BCUT2D eigenvalue weighted by atomic mass is 35.5. The molecule has 142 valence electrons. The van der Waals surface area contributed by atoms with Gasteiger partial charge in [-0.1, -0.05) is 23.7 Å². The molecule has 2 aliphatic rings. The molecule has 0 spiro atoms. The Morgan fingerprint density at radius 1 is 1.15 bits per heavy atom. The lowest BCUT2D eigenvalue weighted by Crippen LogP contribution is -2.46. The van der Waals surface area contributed by atoms with Gasteiger partial charge in [0, 0.05) is 31.1 Å². The maximum atomic E-state index is 12.7. The van der Waals surface area contributed by atoms with Gasteiger partial charge in [0.25, 0.3) is 0 Å². The minimum Gasteiger partial charge on any atom is -0.349 e. The van der Waals surface area contributed by atoms with E-state index in [1.54, 1.807) is 12.1 Å². The van der Waals surface area contributed by atoms with Gasteiger partial charge in [0.1, 0.15) is 0 Å². The molecule has 1 aliphatic carbocycles. The van der Waals surface area contributed by atoms with Crippen LogP contribution in [0.15, 0.2) is 24.3 Å². The molecule has 1 aromatic rings. The molecule has 3 rings (SSSR count). The number of benzene rings is 1. The van der Waals surface area contributed by atoms with E-state index in [1.807, 2.05) is 17.0 Å². The lowest BCUT2D eigenvalue weighted by atomic mass is 10.0. The topological polar surface area (TPSA) is 61.4 Å². The second kappa shape index (κ2) is 8.87. The van der Waals surface area contributed by atoms with E-state index in [0.717, 1.165) is 44.0 Å². The third kappa shape index (κ3) is 5.71. The number of halogens is 1. The van der Waals surface area contributed by atoms with Gasteiger partial charge in [-0.05, 0) is 55.8 Å². The molecular formula is C20H28ClN3O2. The van der Waals surface area contributed by atoms with Crippen molar-refractivity contribution in [3.05, 3.63) is 34.9 Å². The average Bonchev–Trinajstić information content (AvgIpc) is 3.44. The van der Waals surface area contributed by atoms with Crippen LogP contribution in [-0.2, 0) is 9.59 Å². The molecule has 1 atom stereocenters. The Labute approximate surface area is 160 Å². The Hall–Kier alpha value is -1.59. The Balaban J connectivity index is 1.52. The summed E-state index contributed by atoms with van der Waals surface area (Å²) in [6.07, 6.45) is 5.01. The second-order valence-corrected chi connectivity index (χ2v) is 7.95. The maximum absolute atomic E-state index is 12.7. The minimum absolute atomic E-state index is 0.0966. The molecule has 2 fully saturated rings. The number of carbonyl (C=O) groups excluding carboxylic acids is 2. The predicted octanol–water partition coefficient (Wildman–Crippen LogP) is 2.90. The molecular weight excluding hydrogens is 350 g/mol. The molecule has 0 radical (unpaired) electrons. The van der Waals surface area contributed by atoms with E-state index >= 15 is 0 Å². The van der Waals surface area contributed by atoms with Crippen LogP contribution in [0.4, 0.5) is 0 Å². The fraction of sp³-hybridized carbons (Fsp3) is 0.600. The molecule has 0 bridgehead atoms. The predicted molar refractivity (Wildman–Crippen MR) is 103 cm³/mol. The first-order valence-electron chi connectivity index (χ1n) is 9.55. The zero-order chi connectivity index (χ0) is 18.5. The third-order valence-corrected chi connectivity index (χ3v) is 5.52. The van der Waals surface area contributed by atoms with Crippen molar-refractivity contribution in [2.24, 2.45) is 5.92 Å². The van der Waals surface area contributed by atoms with Gasteiger partial charge < -0.3 is 15.5 Å². The van der Waals surface area contributed by atoms with Crippen LogP contribution >= 0.6 is 11.6 Å². The molecule has 2 N–H and O–H groups in total. The zero-order valence-electron chi connectivity index (χ0n) is 15.3. The number of nitrogens with one attached hydrogen (secondary N) is 2. The number of amides is 2. The normalized spacial score (nSPS) is 19.2. The highest BCUT2D eigenvalue weighted by Gasteiger charge is 2.27. The summed E-state index contributed by atoms with van der Waals surface area (Å²) < 4.78 is 0. The van der Waals surface area contributed by atoms with Crippen molar-refractivity contribution in [3.63, 3.8) is 0 Å². The van der Waals surface area contributed by atoms with Crippen molar-refractivity contribution < 1.29 is 9.59 Å². The molecule has 5 nitrogen and oxygen atoms in total. The molecule has 1 heterocycles. The van der Waals surface area contributed by atoms with Crippen molar-refractivity contribution in [1.82, 2.24) is 15.5 Å². The van der Waals surface area contributed by atoms with E-state index in [2.05, 4.69) is 10.6 Å². The quantitative estimate of drug-likeness (QED) is 0.768. The summed E-state index contributed by atoms with van der Waals surface area (Å²) in [4.78, 5) is 26.2. The zero-order valence-corrected chi connectivity index (χ0v) is 16.1. The van der Waals surface area contributed by atoms with Gasteiger partial charge in [-0.2, -0.15) is 0 Å². The van der Waals surface area contributed by atoms with E-state index in [0.29, 0.717) is 11.1 Å². The highest BCUT2D eigenvalue weighted by molar-refractivity contribution is 6.30. The molecule has 2 amide bonds. The highest BCUT2D eigenvalue weighted by Crippen LogP contribution is 2.28. The summed E-state index contributed by atoms with van der Waals surface area (Å²) in [7, 11) is 0.